The number of ether oxygens (including phenoxy) is 1. The van der Waals surface area contributed by atoms with E-state index in [9.17, 15) is 0 Å². The highest BCUT2D eigenvalue weighted by Crippen LogP contribution is 2.25. The van der Waals surface area contributed by atoms with Crippen molar-refractivity contribution in [3.05, 3.63) is 40.7 Å². The van der Waals surface area contributed by atoms with Crippen LogP contribution < -0.4 is 10.5 Å². The first-order chi connectivity index (χ1) is 9.51. The fraction of sp³-hybridized carbons (Fsp3) is 0.308. The summed E-state index contributed by atoms with van der Waals surface area (Å²) in [4.78, 5) is 0. The summed E-state index contributed by atoms with van der Waals surface area (Å²) in [5, 5.41) is 19.5. The monoisotopic (exact) mass is 275 g/mol. The van der Waals surface area contributed by atoms with E-state index < -0.39 is 0 Å². The predicted octanol–water partition coefficient (Wildman–Crippen LogP) is 1.11. The zero-order valence-electron chi connectivity index (χ0n) is 11.7. The van der Waals surface area contributed by atoms with Crippen LogP contribution in [0, 0.1) is 13.8 Å². The van der Waals surface area contributed by atoms with Crippen molar-refractivity contribution in [1.82, 2.24) is 15.0 Å². The molecule has 106 valence electrons. The second kappa shape index (κ2) is 5.60. The number of nitrogens with zero attached hydrogens (tertiary/aromatic N) is 4. The van der Waals surface area contributed by atoms with Crippen molar-refractivity contribution in [1.29, 1.82) is 0 Å². The number of nitrogens with two attached hydrogens (primary N) is 1. The summed E-state index contributed by atoms with van der Waals surface area (Å²) in [7, 11) is 1.80. The van der Waals surface area contributed by atoms with Crippen molar-refractivity contribution in [2.75, 3.05) is 0 Å². The van der Waals surface area contributed by atoms with E-state index in [-0.39, 0.29) is 5.84 Å². The van der Waals surface area contributed by atoms with Crippen molar-refractivity contribution in [2.24, 2.45) is 17.9 Å². The fourth-order valence-corrected chi connectivity index (χ4v) is 1.99. The summed E-state index contributed by atoms with van der Waals surface area (Å²) >= 11 is 0. The van der Waals surface area contributed by atoms with Crippen molar-refractivity contribution >= 4 is 5.84 Å². The number of amidine groups is 1. The molecule has 0 bridgehead atoms. The molecule has 0 aliphatic heterocycles. The molecule has 0 aliphatic rings. The molecule has 0 radical (unpaired) electrons. The Morgan fingerprint density at radius 1 is 1.40 bits per heavy atom. The van der Waals surface area contributed by atoms with Gasteiger partial charge in [-0.15, -0.1) is 5.10 Å². The molecule has 0 saturated heterocycles. The highest BCUT2D eigenvalue weighted by molar-refractivity contribution is 5.97. The molecule has 1 heterocycles. The third-order valence-corrected chi connectivity index (χ3v) is 2.88. The van der Waals surface area contributed by atoms with Gasteiger partial charge in [-0.3, -0.25) is 4.68 Å². The van der Waals surface area contributed by atoms with Gasteiger partial charge in [0.05, 0.1) is 6.20 Å². The molecule has 0 unspecified atom stereocenters. The van der Waals surface area contributed by atoms with Gasteiger partial charge in [0, 0.05) is 12.6 Å². The van der Waals surface area contributed by atoms with E-state index in [1.807, 2.05) is 26.0 Å². The maximum Gasteiger partial charge on any atom is 0.170 e. The maximum atomic E-state index is 8.71. The number of hydrogen-bond donors (Lipinski definition) is 2. The maximum absolute atomic E-state index is 8.71. The molecule has 7 heteroatoms. The summed E-state index contributed by atoms with van der Waals surface area (Å²) in [5.41, 5.74) is 8.83. The highest BCUT2D eigenvalue weighted by Gasteiger charge is 2.10. The van der Waals surface area contributed by atoms with Crippen molar-refractivity contribution < 1.29 is 9.94 Å². The zero-order chi connectivity index (χ0) is 14.7. The van der Waals surface area contributed by atoms with E-state index in [0.717, 1.165) is 22.6 Å². The van der Waals surface area contributed by atoms with Gasteiger partial charge in [0.25, 0.3) is 0 Å². The van der Waals surface area contributed by atoms with E-state index in [1.165, 1.54) is 0 Å². The van der Waals surface area contributed by atoms with Crippen LogP contribution in [0.2, 0.25) is 0 Å². The Morgan fingerprint density at radius 3 is 2.55 bits per heavy atom. The summed E-state index contributed by atoms with van der Waals surface area (Å²) in [6, 6.07) is 3.63. The SMILES string of the molecule is Cc1cc(/C(N)=N/O)cc(C)c1OCc1cn(C)nn1. The number of aryl methyl sites for hydroxylation is 3. The van der Waals surface area contributed by atoms with E-state index in [1.54, 1.807) is 17.9 Å². The van der Waals surface area contributed by atoms with Crippen LogP contribution in [0.1, 0.15) is 22.4 Å². The lowest BCUT2D eigenvalue weighted by atomic mass is 10.1. The number of benzene rings is 1. The second-order valence-electron chi connectivity index (χ2n) is 4.60. The van der Waals surface area contributed by atoms with Gasteiger partial charge in [0.15, 0.2) is 5.84 Å². The molecular formula is C13H17N5O2. The van der Waals surface area contributed by atoms with Crippen LogP contribution in [0.3, 0.4) is 0 Å². The Morgan fingerprint density at radius 2 is 2.05 bits per heavy atom. The molecule has 2 aromatic rings. The van der Waals surface area contributed by atoms with Gasteiger partial charge in [-0.2, -0.15) is 0 Å². The zero-order valence-corrected chi connectivity index (χ0v) is 11.7. The Bertz CT molecular complexity index is 625. The van der Waals surface area contributed by atoms with Gasteiger partial charge >= 0.3 is 0 Å². The van der Waals surface area contributed by atoms with Crippen molar-refractivity contribution in [3.8, 4) is 5.75 Å². The molecule has 0 aliphatic carbocycles. The largest absolute Gasteiger partial charge is 0.487 e. The smallest absolute Gasteiger partial charge is 0.170 e. The van der Waals surface area contributed by atoms with Crippen molar-refractivity contribution in [3.63, 3.8) is 0 Å². The molecule has 0 amide bonds. The third kappa shape index (κ3) is 2.87. The number of rotatable bonds is 4. The lowest BCUT2D eigenvalue weighted by Crippen LogP contribution is -2.14. The minimum Gasteiger partial charge on any atom is -0.487 e. The standard InChI is InChI=1S/C13H17N5O2/c1-8-4-10(13(14)16-19)5-9(2)12(8)20-7-11-6-18(3)17-15-11/h4-6,19H,7H2,1-3H3,(H2,14,16). The third-order valence-electron chi connectivity index (χ3n) is 2.88. The Balaban J connectivity index is 2.20. The quantitative estimate of drug-likeness (QED) is 0.377. The van der Waals surface area contributed by atoms with Gasteiger partial charge in [-0.05, 0) is 37.1 Å². The van der Waals surface area contributed by atoms with Crippen LogP contribution in [-0.4, -0.2) is 26.0 Å². The average Bonchev–Trinajstić information content (AvgIpc) is 2.82. The predicted molar refractivity (Wildman–Crippen MR) is 73.8 cm³/mol. The minimum absolute atomic E-state index is 0.0803. The summed E-state index contributed by atoms with van der Waals surface area (Å²) in [6.07, 6.45) is 1.80. The Hall–Kier alpha value is -2.57. The molecule has 2 rings (SSSR count). The van der Waals surface area contributed by atoms with E-state index >= 15 is 0 Å². The molecule has 0 fully saturated rings. The van der Waals surface area contributed by atoms with Crippen LogP contribution in [-0.2, 0) is 13.7 Å². The fourth-order valence-electron chi connectivity index (χ4n) is 1.99. The number of oxime groups is 1. The van der Waals surface area contributed by atoms with Crippen LogP contribution in [0.15, 0.2) is 23.5 Å². The first kappa shape index (κ1) is 13.9. The van der Waals surface area contributed by atoms with Gasteiger partial charge < -0.3 is 15.7 Å². The van der Waals surface area contributed by atoms with Gasteiger partial charge in [0.2, 0.25) is 0 Å². The average molecular weight is 275 g/mol. The first-order valence-corrected chi connectivity index (χ1v) is 6.08. The summed E-state index contributed by atoms with van der Waals surface area (Å²) in [5.74, 6) is 0.849. The molecular weight excluding hydrogens is 258 g/mol. The van der Waals surface area contributed by atoms with Crippen LogP contribution in [0.25, 0.3) is 0 Å². The second-order valence-corrected chi connectivity index (χ2v) is 4.60. The minimum atomic E-state index is 0.0803. The van der Waals surface area contributed by atoms with Crippen LogP contribution >= 0.6 is 0 Å². The Kier molecular flexibility index (Phi) is 3.88. The van der Waals surface area contributed by atoms with Gasteiger partial charge in [-0.1, -0.05) is 10.4 Å². The molecule has 20 heavy (non-hydrogen) atoms. The van der Waals surface area contributed by atoms with Crippen LogP contribution in [0.5, 0.6) is 5.75 Å². The van der Waals surface area contributed by atoms with Crippen LogP contribution in [0.4, 0.5) is 0 Å². The van der Waals surface area contributed by atoms with E-state index in [4.69, 9.17) is 15.7 Å². The normalized spacial score (nSPS) is 11.7. The lowest BCUT2D eigenvalue weighted by molar-refractivity contribution is 0.297. The van der Waals surface area contributed by atoms with Gasteiger partial charge in [-0.25, -0.2) is 0 Å². The van der Waals surface area contributed by atoms with Gasteiger partial charge in [0.1, 0.15) is 18.1 Å². The first-order valence-electron chi connectivity index (χ1n) is 6.08. The highest BCUT2D eigenvalue weighted by atomic mass is 16.5. The molecule has 0 atom stereocenters. The van der Waals surface area contributed by atoms with E-state index in [0.29, 0.717) is 12.2 Å². The van der Waals surface area contributed by atoms with E-state index in [2.05, 4.69) is 15.5 Å². The lowest BCUT2D eigenvalue weighted by Gasteiger charge is -2.12. The molecule has 3 N–H and O–H groups in total. The topological polar surface area (TPSA) is 98.6 Å². The molecule has 7 nitrogen and oxygen atoms in total. The molecule has 1 aromatic heterocycles. The molecule has 1 aromatic carbocycles. The molecule has 0 spiro atoms. The number of aromatic nitrogens is 3. The number of hydrogen-bond acceptors (Lipinski definition) is 5. The molecule has 0 saturated carbocycles. The summed E-state index contributed by atoms with van der Waals surface area (Å²) < 4.78 is 7.40. The summed E-state index contributed by atoms with van der Waals surface area (Å²) in [6.45, 7) is 4.17. The van der Waals surface area contributed by atoms with Crippen molar-refractivity contribution in [2.45, 2.75) is 20.5 Å². The Labute approximate surface area is 116 Å².